The lowest BCUT2D eigenvalue weighted by Crippen LogP contribution is -2.62. The molecule has 0 atom stereocenters. The molecule has 0 spiro atoms. The van der Waals surface area contributed by atoms with E-state index in [1.54, 1.807) is 4.90 Å². The zero-order chi connectivity index (χ0) is 15.6. The van der Waals surface area contributed by atoms with E-state index in [4.69, 9.17) is 5.73 Å². The van der Waals surface area contributed by atoms with E-state index in [0.29, 0.717) is 19.6 Å². The Morgan fingerprint density at radius 2 is 1.90 bits per heavy atom. The third kappa shape index (κ3) is 3.86. The van der Waals surface area contributed by atoms with E-state index in [-0.39, 0.29) is 36.2 Å². The smallest absolute Gasteiger partial charge is 0.312 e. The van der Waals surface area contributed by atoms with Gasteiger partial charge in [0, 0.05) is 38.5 Å². The molecule has 4 amide bonds. The van der Waals surface area contributed by atoms with Crippen LogP contribution >= 0.6 is 0 Å². The Morgan fingerprint density at radius 3 is 2.43 bits per heavy atom. The van der Waals surface area contributed by atoms with E-state index < -0.39 is 6.03 Å². The SMILES string of the molecule is CC1(C)CN(C(=O)C2CC2)CCN1C(=O)CCNC(N)=O. The number of carbonyl (C=O) groups excluding carboxylic acids is 3. The molecule has 1 aliphatic heterocycles. The summed E-state index contributed by atoms with van der Waals surface area (Å²) in [4.78, 5) is 38.7. The lowest BCUT2D eigenvalue weighted by Gasteiger charge is -2.47. The fourth-order valence-corrected chi connectivity index (χ4v) is 2.82. The van der Waals surface area contributed by atoms with Gasteiger partial charge >= 0.3 is 6.03 Å². The Morgan fingerprint density at radius 1 is 1.24 bits per heavy atom. The monoisotopic (exact) mass is 296 g/mol. The third-order valence-corrected chi connectivity index (χ3v) is 4.08. The zero-order valence-corrected chi connectivity index (χ0v) is 12.7. The highest BCUT2D eigenvalue weighted by molar-refractivity contribution is 5.82. The number of piperazine rings is 1. The van der Waals surface area contributed by atoms with E-state index in [9.17, 15) is 14.4 Å². The number of primary amides is 1. The van der Waals surface area contributed by atoms with Gasteiger partial charge in [0.15, 0.2) is 0 Å². The van der Waals surface area contributed by atoms with E-state index in [0.717, 1.165) is 12.8 Å². The van der Waals surface area contributed by atoms with Gasteiger partial charge in [0.1, 0.15) is 0 Å². The van der Waals surface area contributed by atoms with Crippen LogP contribution in [-0.2, 0) is 9.59 Å². The molecule has 0 aromatic rings. The second-order valence-corrected chi connectivity index (χ2v) is 6.43. The summed E-state index contributed by atoms with van der Waals surface area (Å²) in [5.41, 5.74) is 4.59. The molecule has 118 valence electrons. The highest BCUT2D eigenvalue weighted by Gasteiger charge is 2.41. The quantitative estimate of drug-likeness (QED) is 0.758. The predicted octanol–water partition coefficient (Wildman–Crippen LogP) is -0.0958. The lowest BCUT2D eigenvalue weighted by molar-refractivity contribution is -0.148. The van der Waals surface area contributed by atoms with Crippen LogP contribution in [0.4, 0.5) is 4.79 Å². The molecule has 1 heterocycles. The summed E-state index contributed by atoms with van der Waals surface area (Å²) in [6.45, 7) is 5.88. The molecule has 1 aliphatic carbocycles. The first-order chi connectivity index (χ1) is 9.81. The van der Waals surface area contributed by atoms with Crippen LogP contribution in [0, 0.1) is 5.92 Å². The first kappa shape index (κ1) is 15.6. The number of rotatable bonds is 4. The van der Waals surface area contributed by atoms with Crippen LogP contribution in [0.15, 0.2) is 0 Å². The van der Waals surface area contributed by atoms with E-state index in [1.807, 2.05) is 18.7 Å². The maximum Gasteiger partial charge on any atom is 0.312 e. The zero-order valence-electron chi connectivity index (χ0n) is 12.7. The average molecular weight is 296 g/mol. The molecular formula is C14H24N4O3. The first-order valence-corrected chi connectivity index (χ1v) is 7.44. The predicted molar refractivity (Wildman–Crippen MR) is 77.3 cm³/mol. The highest BCUT2D eigenvalue weighted by Crippen LogP contribution is 2.33. The van der Waals surface area contributed by atoms with Gasteiger partial charge < -0.3 is 20.9 Å². The molecular weight excluding hydrogens is 272 g/mol. The van der Waals surface area contributed by atoms with Gasteiger partial charge in [-0.2, -0.15) is 0 Å². The first-order valence-electron chi connectivity index (χ1n) is 7.44. The molecule has 2 aliphatic rings. The molecule has 2 rings (SSSR count). The topological polar surface area (TPSA) is 95.7 Å². The fraction of sp³-hybridized carbons (Fsp3) is 0.786. The van der Waals surface area contributed by atoms with Crippen molar-refractivity contribution in [2.75, 3.05) is 26.2 Å². The van der Waals surface area contributed by atoms with Gasteiger partial charge in [-0.1, -0.05) is 0 Å². The van der Waals surface area contributed by atoms with Crippen molar-refractivity contribution in [3.05, 3.63) is 0 Å². The summed E-state index contributed by atoms with van der Waals surface area (Å²) >= 11 is 0. The van der Waals surface area contributed by atoms with Gasteiger partial charge in [0.2, 0.25) is 11.8 Å². The molecule has 0 unspecified atom stereocenters. The van der Waals surface area contributed by atoms with Crippen LogP contribution in [0.25, 0.3) is 0 Å². The van der Waals surface area contributed by atoms with Crippen molar-refractivity contribution < 1.29 is 14.4 Å². The number of urea groups is 1. The average Bonchev–Trinajstić information content (AvgIpc) is 3.20. The van der Waals surface area contributed by atoms with Crippen LogP contribution in [0.3, 0.4) is 0 Å². The lowest BCUT2D eigenvalue weighted by atomic mass is 9.97. The number of hydrogen-bond donors (Lipinski definition) is 2. The molecule has 0 radical (unpaired) electrons. The Kier molecular flexibility index (Phi) is 4.39. The Bertz CT molecular complexity index is 446. The highest BCUT2D eigenvalue weighted by atomic mass is 16.2. The van der Waals surface area contributed by atoms with E-state index in [2.05, 4.69) is 5.32 Å². The Balaban J connectivity index is 1.88. The second-order valence-electron chi connectivity index (χ2n) is 6.43. The van der Waals surface area contributed by atoms with Crippen molar-refractivity contribution in [1.82, 2.24) is 15.1 Å². The van der Waals surface area contributed by atoms with Crippen molar-refractivity contribution in [2.45, 2.75) is 38.6 Å². The van der Waals surface area contributed by atoms with Crippen LogP contribution in [-0.4, -0.2) is 59.4 Å². The molecule has 1 saturated heterocycles. The van der Waals surface area contributed by atoms with Crippen molar-refractivity contribution in [3.8, 4) is 0 Å². The summed E-state index contributed by atoms with van der Waals surface area (Å²) < 4.78 is 0. The molecule has 2 fully saturated rings. The second kappa shape index (κ2) is 5.91. The standard InChI is InChI=1S/C14H24N4O3/c1-14(2)9-17(12(20)10-3-4-10)7-8-18(14)11(19)5-6-16-13(15)21/h10H,3-9H2,1-2H3,(H3,15,16,21). The number of nitrogens with zero attached hydrogens (tertiary/aromatic N) is 2. The Labute approximate surface area is 124 Å². The van der Waals surface area contributed by atoms with Crippen LogP contribution < -0.4 is 11.1 Å². The molecule has 0 bridgehead atoms. The summed E-state index contributed by atoms with van der Waals surface area (Å²) in [5.74, 6) is 0.417. The van der Waals surface area contributed by atoms with Crippen molar-refractivity contribution in [3.63, 3.8) is 0 Å². The minimum Gasteiger partial charge on any atom is -0.352 e. The van der Waals surface area contributed by atoms with Crippen molar-refractivity contribution in [1.29, 1.82) is 0 Å². The summed E-state index contributed by atoms with van der Waals surface area (Å²) in [5, 5.41) is 2.42. The molecule has 0 aromatic heterocycles. The fourth-order valence-electron chi connectivity index (χ4n) is 2.82. The molecule has 7 nitrogen and oxygen atoms in total. The minimum atomic E-state index is -0.623. The number of carbonyl (C=O) groups is 3. The maximum absolute atomic E-state index is 12.2. The van der Waals surface area contributed by atoms with Crippen LogP contribution in [0.5, 0.6) is 0 Å². The van der Waals surface area contributed by atoms with E-state index >= 15 is 0 Å². The normalized spacial score (nSPS) is 21.0. The van der Waals surface area contributed by atoms with Crippen molar-refractivity contribution >= 4 is 17.8 Å². The minimum absolute atomic E-state index is 0.0210. The molecule has 7 heteroatoms. The van der Waals surface area contributed by atoms with Crippen LogP contribution in [0.1, 0.15) is 33.1 Å². The summed E-state index contributed by atoms with van der Waals surface area (Å²) in [7, 11) is 0. The van der Waals surface area contributed by atoms with Crippen LogP contribution in [0.2, 0.25) is 0 Å². The van der Waals surface area contributed by atoms with Gasteiger partial charge in [-0.25, -0.2) is 4.79 Å². The molecule has 1 saturated carbocycles. The third-order valence-electron chi connectivity index (χ3n) is 4.08. The molecule has 3 N–H and O–H groups in total. The number of nitrogens with one attached hydrogen (secondary N) is 1. The van der Waals surface area contributed by atoms with Gasteiger partial charge in [0.25, 0.3) is 0 Å². The summed E-state index contributed by atoms with van der Waals surface area (Å²) in [6, 6.07) is -0.623. The van der Waals surface area contributed by atoms with E-state index in [1.165, 1.54) is 0 Å². The summed E-state index contributed by atoms with van der Waals surface area (Å²) in [6.07, 6.45) is 2.22. The number of hydrogen-bond acceptors (Lipinski definition) is 3. The maximum atomic E-state index is 12.2. The molecule has 21 heavy (non-hydrogen) atoms. The van der Waals surface area contributed by atoms with Gasteiger partial charge in [-0.15, -0.1) is 0 Å². The number of amides is 4. The van der Waals surface area contributed by atoms with Gasteiger partial charge in [-0.3, -0.25) is 9.59 Å². The molecule has 0 aromatic carbocycles. The van der Waals surface area contributed by atoms with Gasteiger partial charge in [0.05, 0.1) is 5.54 Å². The largest absolute Gasteiger partial charge is 0.352 e. The van der Waals surface area contributed by atoms with Crippen molar-refractivity contribution in [2.24, 2.45) is 11.7 Å². The van der Waals surface area contributed by atoms with Gasteiger partial charge in [-0.05, 0) is 26.7 Å². The number of nitrogens with two attached hydrogens (primary N) is 1. The Hall–Kier alpha value is -1.79.